The average Bonchev–Trinajstić information content (AvgIpc) is 1.59. The minimum absolute atomic E-state index is 0.353. The van der Waals surface area contributed by atoms with Crippen molar-refractivity contribution in [1.82, 2.24) is 111 Å². The van der Waals surface area contributed by atoms with E-state index in [4.69, 9.17) is 66.1 Å². The van der Waals surface area contributed by atoms with Crippen molar-refractivity contribution in [3.8, 4) is 62.2 Å². The van der Waals surface area contributed by atoms with Gasteiger partial charge in [0.25, 0.3) is 0 Å². The second-order valence-electron chi connectivity index (χ2n) is 34.1. The van der Waals surface area contributed by atoms with E-state index < -0.39 is 5.82 Å². The number of anilines is 5. The first kappa shape index (κ1) is 81.9. The summed E-state index contributed by atoms with van der Waals surface area (Å²) < 4.78 is 19.3. The van der Waals surface area contributed by atoms with Crippen molar-refractivity contribution in [2.75, 3.05) is 97.1 Å². The number of nitrogens with zero attached hydrogens (tertiary/aromatic N) is 22. The maximum Gasteiger partial charge on any atom is 0.212 e. The Morgan fingerprint density at radius 1 is 0.430 bits per heavy atom. The molecule has 624 valence electrons. The van der Waals surface area contributed by atoms with Crippen molar-refractivity contribution < 1.29 is 9.13 Å². The molecule has 2 unspecified atom stereocenters. The summed E-state index contributed by atoms with van der Waals surface area (Å²) in [5.74, 6) is 7.92. The molecule has 5 saturated heterocycles. The second-order valence-corrected chi connectivity index (χ2v) is 35.8. The van der Waals surface area contributed by atoms with Crippen molar-refractivity contribution in [3.63, 3.8) is 0 Å². The van der Waals surface area contributed by atoms with Crippen LogP contribution in [0.2, 0.25) is 20.1 Å². The first-order valence-corrected chi connectivity index (χ1v) is 42.9. The molecule has 17 heterocycles. The molecular formula is C88H96Cl4FN27O. The van der Waals surface area contributed by atoms with Crippen LogP contribution >= 0.6 is 46.4 Å². The van der Waals surface area contributed by atoms with E-state index in [1.165, 1.54) is 38.2 Å². The van der Waals surface area contributed by atoms with Gasteiger partial charge in [-0.05, 0) is 133 Å². The van der Waals surface area contributed by atoms with Crippen LogP contribution in [0.3, 0.4) is 0 Å². The van der Waals surface area contributed by atoms with E-state index >= 15 is 0 Å². The Hall–Kier alpha value is -11.4. The molecule has 0 spiro atoms. The molecule has 0 amide bonds. The maximum absolute atomic E-state index is 14.2. The molecule has 33 heteroatoms. The van der Waals surface area contributed by atoms with E-state index in [-0.39, 0.29) is 0 Å². The molecule has 21 rings (SSSR count). The van der Waals surface area contributed by atoms with Crippen molar-refractivity contribution in [3.05, 3.63) is 160 Å². The van der Waals surface area contributed by atoms with Crippen molar-refractivity contribution in [2.24, 2.45) is 39.9 Å². The molecule has 3 aromatic carbocycles. The third-order valence-electron chi connectivity index (χ3n) is 25.2. The summed E-state index contributed by atoms with van der Waals surface area (Å²) in [5.41, 5.74) is 15.5. The van der Waals surface area contributed by atoms with Crippen molar-refractivity contribution >= 4 is 131 Å². The van der Waals surface area contributed by atoms with Gasteiger partial charge in [-0.3, -0.25) is 30.5 Å². The van der Waals surface area contributed by atoms with E-state index in [2.05, 4.69) is 176 Å². The highest BCUT2D eigenvalue weighted by atomic mass is 35.5. The zero-order valence-electron chi connectivity index (χ0n) is 69.1. The molecular weight excluding hydrogens is 1610 g/mol. The highest BCUT2D eigenvalue weighted by Crippen LogP contribution is 2.52. The predicted octanol–water partition coefficient (Wildman–Crippen LogP) is 18.9. The average molecular weight is 1710 g/mol. The van der Waals surface area contributed by atoms with Crippen molar-refractivity contribution in [2.45, 2.75) is 113 Å². The maximum atomic E-state index is 14.2. The Balaban J connectivity index is 0.000000108. The predicted molar refractivity (Wildman–Crippen MR) is 477 cm³/mol. The summed E-state index contributed by atoms with van der Waals surface area (Å²) in [7, 11) is 1.60. The van der Waals surface area contributed by atoms with Gasteiger partial charge in [0.05, 0.1) is 76.6 Å². The Morgan fingerprint density at radius 2 is 0.884 bits per heavy atom. The van der Waals surface area contributed by atoms with Crippen LogP contribution in [0.4, 0.5) is 33.5 Å². The third kappa shape index (κ3) is 17.8. The van der Waals surface area contributed by atoms with E-state index in [1.54, 1.807) is 50.1 Å². The summed E-state index contributed by atoms with van der Waals surface area (Å²) in [6, 6.07) is 25.4. The van der Waals surface area contributed by atoms with Gasteiger partial charge >= 0.3 is 0 Å². The molecule has 28 nitrogen and oxygen atoms in total. The molecule has 5 N–H and O–H groups in total. The van der Waals surface area contributed by atoms with Crippen LogP contribution in [0.5, 0.6) is 5.88 Å². The van der Waals surface area contributed by atoms with Gasteiger partial charge in [-0.2, -0.15) is 25.5 Å². The normalized spacial score (nSPS) is 18.9. The number of pyridine rings is 2. The van der Waals surface area contributed by atoms with Gasteiger partial charge in [0, 0.05) is 128 Å². The number of nitrogens with one attached hydrogen (secondary N) is 5. The zero-order valence-corrected chi connectivity index (χ0v) is 72.1. The topological polar surface area (TPSA) is 324 Å². The Labute approximate surface area is 719 Å². The number of rotatable bonds is 13. The smallest absolute Gasteiger partial charge is 0.212 e. The molecule has 12 aromatic heterocycles. The fourth-order valence-corrected chi connectivity index (χ4v) is 17.3. The SMILES string of the molecule is CC1(C)CCN(c2cnc3c(-c4ccc(Cl)cc4F)[nH]nc3n2)CC1.CC1[C@H]2CN(c3cnc4c(-c5cccc(Cl)c5)[nH]nc4n3)C[C@@H]12.CCC1(C)CCN(c2cnc3c(-c4cnccc4Cl)[nH]nc3n2)CC1.CCC1CCN(c2cnc3c(-c4ccccc4Cl)[nH]nc3n2)C1.COc1ccc(-c2[nH]nc3nc(N4CCC(C)(C)CC4)cnc23)cn1. The second kappa shape index (κ2) is 34.6. The molecule has 1 saturated carbocycles. The highest BCUT2D eigenvalue weighted by Gasteiger charge is 2.53. The number of H-pyrrole nitrogens is 5. The summed E-state index contributed by atoms with van der Waals surface area (Å²) in [4.78, 5) is 66.1. The van der Waals surface area contributed by atoms with E-state index in [9.17, 15) is 4.39 Å². The minimum Gasteiger partial charge on any atom is -0.481 e. The Bertz CT molecular complexity index is 6170. The monoisotopic (exact) mass is 1710 g/mol. The number of methoxy groups -OCH3 is 1. The van der Waals surface area contributed by atoms with Gasteiger partial charge in [0.15, 0.2) is 0 Å². The fraction of sp³-hybridized carbons (Fsp3) is 0.398. The number of aromatic nitrogens is 22. The van der Waals surface area contributed by atoms with Crippen LogP contribution in [0, 0.1) is 45.7 Å². The fourth-order valence-electron chi connectivity index (χ4n) is 16.6. The van der Waals surface area contributed by atoms with Crippen LogP contribution < -0.4 is 29.2 Å². The number of fused-ring (bicyclic) bond motifs is 6. The molecule has 4 atom stereocenters. The largest absolute Gasteiger partial charge is 0.481 e. The lowest BCUT2D eigenvalue weighted by Crippen LogP contribution is -2.38. The van der Waals surface area contributed by atoms with Crippen LogP contribution in [-0.4, -0.2) is 183 Å². The van der Waals surface area contributed by atoms with Gasteiger partial charge in [0.2, 0.25) is 34.1 Å². The van der Waals surface area contributed by atoms with Gasteiger partial charge in [0.1, 0.15) is 62.5 Å². The molecule has 6 fully saturated rings. The van der Waals surface area contributed by atoms with Crippen LogP contribution in [0.15, 0.2) is 135 Å². The molecule has 0 bridgehead atoms. The Morgan fingerprint density at radius 3 is 1.35 bits per heavy atom. The standard InChI is InChI=1S/C18H19ClFN5.C18H21ClN6.C18H22N6O.C17H16ClN5.C17H18ClN5/c1-18(2)5-7-25(8-6-18)14-10-21-16-15(23-24-17(16)22-14)12-4-3-11(19)9-13(12)20;1-3-18(2)5-8-25(9-6-18)14-11-21-16-15(23-24-17(16)22-14)12-10-20-7-4-13(12)19;1-18(2)6-8-24(9-7-18)13-11-20-16-15(22-23-17(16)21-13)12-4-5-14(25-3)19-10-12;1-9-12-7-23(8-13(9)12)14-6-19-16-15(21-22-17(16)20-14)10-3-2-4-11(18)5-10;1-2-11-7-8-23(10-11)14-9-19-16-15(21-22-17(16)20-14)12-5-3-4-6-13(12)18/h3-4,9-10H,5-8H2,1-2H3,(H,22,23,24);4,7,10-11H,3,5-6,8-9H2,1-2H3,(H,22,23,24);4-5,10-11H,6-9H2,1-3H3,(H,21,22,23);2-6,9,12-13H,7-8H2,1H3,(H,20,21,22);3-6,9,11H,2,7-8,10H2,1H3,(H,20,21,22)/t;;;9?,12-,13+;. The number of aromatic amines is 5. The summed E-state index contributed by atoms with van der Waals surface area (Å²) in [6.07, 6.45) is 24.8. The highest BCUT2D eigenvalue weighted by molar-refractivity contribution is 6.34. The van der Waals surface area contributed by atoms with Crippen molar-refractivity contribution in [1.29, 1.82) is 0 Å². The summed E-state index contributed by atoms with van der Waals surface area (Å²) >= 11 is 24.4. The number of hydrogen-bond acceptors (Lipinski definition) is 23. The van der Waals surface area contributed by atoms with E-state index in [1.807, 2.05) is 85.5 Å². The number of halogens is 5. The summed E-state index contributed by atoms with van der Waals surface area (Å²) in [5, 5.41) is 38.8. The minimum atomic E-state index is -0.415. The molecule has 1 aliphatic carbocycles. The zero-order chi connectivity index (χ0) is 83.8. The van der Waals surface area contributed by atoms with Gasteiger partial charge < -0.3 is 29.2 Å². The van der Waals surface area contributed by atoms with E-state index in [0.29, 0.717) is 92.7 Å². The van der Waals surface area contributed by atoms with Crippen LogP contribution in [0.1, 0.15) is 113 Å². The molecule has 121 heavy (non-hydrogen) atoms. The number of benzene rings is 3. The van der Waals surface area contributed by atoms with Gasteiger partial charge in [-0.15, -0.1) is 0 Å². The number of piperidine rings is 4. The lowest BCUT2D eigenvalue weighted by atomic mass is 9.78. The first-order chi connectivity index (χ1) is 58.5. The molecule has 0 radical (unpaired) electrons. The summed E-state index contributed by atoms with van der Waals surface area (Å²) in [6.45, 7) is 28.7. The van der Waals surface area contributed by atoms with Crippen LogP contribution in [0.25, 0.3) is 112 Å². The lowest BCUT2D eigenvalue weighted by molar-refractivity contribution is 0.238. The first-order valence-electron chi connectivity index (χ1n) is 41.4. The van der Waals surface area contributed by atoms with Gasteiger partial charge in [-0.1, -0.05) is 145 Å². The van der Waals surface area contributed by atoms with Crippen LogP contribution in [-0.2, 0) is 0 Å². The molecule has 15 aromatic rings. The quantitative estimate of drug-likeness (QED) is 0.0716. The number of ether oxygens (including phenoxy) is 1. The lowest BCUT2D eigenvalue weighted by Gasteiger charge is -2.39. The molecule has 5 aliphatic heterocycles. The molecule has 6 aliphatic rings. The Kier molecular flexibility index (Phi) is 23.4. The van der Waals surface area contributed by atoms with Gasteiger partial charge in [-0.25, -0.2) is 59.2 Å². The van der Waals surface area contributed by atoms with E-state index in [0.717, 1.165) is 205 Å². The number of hydrogen-bond donors (Lipinski definition) is 5. The third-order valence-corrected chi connectivity index (χ3v) is 26.3.